The van der Waals surface area contributed by atoms with E-state index in [-0.39, 0.29) is 17.3 Å². The van der Waals surface area contributed by atoms with Crippen molar-refractivity contribution in [3.63, 3.8) is 0 Å². The predicted octanol–water partition coefficient (Wildman–Crippen LogP) is 4.02. The lowest BCUT2D eigenvalue weighted by Crippen LogP contribution is -2.24. The topological polar surface area (TPSA) is 73.8 Å². The molecule has 1 aromatic carbocycles. The van der Waals surface area contributed by atoms with E-state index in [4.69, 9.17) is 5.73 Å². The van der Waals surface area contributed by atoms with Gasteiger partial charge in [0.1, 0.15) is 11.5 Å². The molecule has 0 aliphatic heterocycles. The van der Waals surface area contributed by atoms with E-state index in [1.807, 2.05) is 6.26 Å². The Hall–Kier alpha value is -2.41. The fourth-order valence-corrected chi connectivity index (χ4v) is 3.99. The molecule has 5 nitrogen and oxygen atoms in total. The third-order valence-electron chi connectivity index (χ3n) is 4.91. The van der Waals surface area contributed by atoms with E-state index >= 15 is 0 Å². The van der Waals surface area contributed by atoms with Gasteiger partial charge in [-0.25, -0.2) is 14.4 Å². The van der Waals surface area contributed by atoms with Crippen molar-refractivity contribution in [1.82, 2.24) is 14.5 Å². The van der Waals surface area contributed by atoms with Crippen LogP contribution in [0.2, 0.25) is 0 Å². The van der Waals surface area contributed by atoms with Gasteiger partial charge in [-0.05, 0) is 43.4 Å². The van der Waals surface area contributed by atoms with Crippen molar-refractivity contribution >= 4 is 28.5 Å². The highest BCUT2D eigenvalue weighted by atomic mass is 32.2. The van der Waals surface area contributed by atoms with Crippen molar-refractivity contribution in [2.24, 2.45) is 0 Å². The summed E-state index contributed by atoms with van der Waals surface area (Å²) in [6, 6.07) is 8.06. The van der Waals surface area contributed by atoms with Crippen LogP contribution in [-0.2, 0) is 0 Å². The van der Waals surface area contributed by atoms with Crippen LogP contribution in [0.3, 0.4) is 0 Å². The van der Waals surface area contributed by atoms with E-state index in [2.05, 4.69) is 9.97 Å². The van der Waals surface area contributed by atoms with Crippen LogP contribution in [0.1, 0.15) is 31.7 Å². The van der Waals surface area contributed by atoms with Gasteiger partial charge in [-0.15, -0.1) is 0 Å². The summed E-state index contributed by atoms with van der Waals surface area (Å²) in [4.78, 5) is 21.8. The van der Waals surface area contributed by atoms with Gasteiger partial charge in [-0.2, -0.15) is 0 Å². The van der Waals surface area contributed by atoms with Crippen LogP contribution in [-0.4, -0.2) is 20.8 Å². The average Bonchev–Trinajstić information content (AvgIpc) is 3.17. The number of thioether (sulfide) groups is 1. The minimum Gasteiger partial charge on any atom is -0.396 e. The summed E-state index contributed by atoms with van der Waals surface area (Å²) >= 11 is 1.41. The van der Waals surface area contributed by atoms with Gasteiger partial charge in [0, 0.05) is 23.1 Å². The number of nitrogens with two attached hydrogens (primary N) is 1. The van der Waals surface area contributed by atoms with Crippen molar-refractivity contribution in [1.29, 1.82) is 0 Å². The quantitative estimate of drug-likeness (QED) is 0.428. The number of nitrogen functional groups attached to an aromatic ring is 1. The minimum absolute atomic E-state index is 0.0419. The highest BCUT2D eigenvalue weighted by Gasteiger charge is 2.22. The summed E-state index contributed by atoms with van der Waals surface area (Å²) in [5.74, 6) is -0.458. The molecule has 26 heavy (non-hydrogen) atoms. The molecule has 1 aliphatic carbocycles. The van der Waals surface area contributed by atoms with Crippen LogP contribution >= 0.6 is 11.8 Å². The van der Waals surface area contributed by atoms with Gasteiger partial charge in [0.25, 0.3) is 5.56 Å². The Balaban J connectivity index is 2.02. The molecular weight excluding hydrogens is 351 g/mol. The zero-order chi connectivity index (χ0) is 18.3. The van der Waals surface area contributed by atoms with E-state index in [0.717, 1.165) is 31.1 Å². The number of halogens is 1. The molecule has 0 atom stereocenters. The first kappa shape index (κ1) is 17.0. The van der Waals surface area contributed by atoms with E-state index < -0.39 is 5.82 Å². The summed E-state index contributed by atoms with van der Waals surface area (Å²) in [6.07, 6.45) is 6.10. The number of nitrogens with zero attached hydrogens (tertiary/aromatic N) is 3. The lowest BCUT2D eigenvalue weighted by molar-refractivity contribution is 0.514. The second kappa shape index (κ2) is 6.72. The molecule has 1 aliphatic rings. The molecule has 1 fully saturated rings. The maximum atomic E-state index is 13.6. The van der Waals surface area contributed by atoms with Gasteiger partial charge >= 0.3 is 0 Å². The van der Waals surface area contributed by atoms with E-state index in [1.165, 1.54) is 17.8 Å². The lowest BCUT2D eigenvalue weighted by atomic mass is 10.1. The second-order valence-electron chi connectivity index (χ2n) is 6.51. The highest BCUT2D eigenvalue weighted by Crippen LogP contribution is 2.34. The molecule has 134 valence electrons. The fraction of sp³-hybridized carbons (Fsp3) is 0.316. The number of hydrogen-bond acceptors (Lipinski definition) is 5. The maximum Gasteiger partial charge on any atom is 0.252 e. The molecule has 0 bridgehead atoms. The third kappa shape index (κ3) is 2.86. The lowest BCUT2D eigenvalue weighted by Gasteiger charge is -2.17. The molecule has 7 heteroatoms. The zero-order valence-corrected chi connectivity index (χ0v) is 15.2. The van der Waals surface area contributed by atoms with Crippen molar-refractivity contribution in [2.75, 3.05) is 12.0 Å². The Bertz CT molecular complexity index is 1040. The van der Waals surface area contributed by atoms with Gasteiger partial charge in [-0.3, -0.25) is 9.36 Å². The first-order chi connectivity index (χ1) is 12.6. The molecule has 0 spiro atoms. The number of fused-ring (bicyclic) bond motifs is 1. The first-order valence-electron chi connectivity index (χ1n) is 8.61. The molecule has 1 saturated carbocycles. The molecule has 2 heterocycles. The van der Waals surface area contributed by atoms with Crippen LogP contribution in [0.4, 0.5) is 10.1 Å². The highest BCUT2D eigenvalue weighted by molar-refractivity contribution is 7.98. The van der Waals surface area contributed by atoms with E-state index in [0.29, 0.717) is 22.1 Å². The number of anilines is 1. The van der Waals surface area contributed by atoms with Gasteiger partial charge in [-0.1, -0.05) is 24.6 Å². The van der Waals surface area contributed by atoms with Crippen LogP contribution in [0, 0.1) is 5.82 Å². The minimum atomic E-state index is -0.458. The van der Waals surface area contributed by atoms with Gasteiger partial charge in [0.2, 0.25) is 0 Å². The Morgan fingerprint density at radius 1 is 1.19 bits per heavy atom. The molecular formula is C19H19FN4OS. The molecule has 4 rings (SSSR count). The summed E-state index contributed by atoms with van der Waals surface area (Å²) in [5.41, 5.74) is 7.80. The second-order valence-corrected chi connectivity index (χ2v) is 7.29. The summed E-state index contributed by atoms with van der Waals surface area (Å²) < 4.78 is 15.4. The SMILES string of the molecule is CSc1nc(-c2ccc(F)c(N)c2)c2ccc(=O)n(C3CCCC3)c2n1. The number of aromatic nitrogens is 3. The third-order valence-corrected chi connectivity index (χ3v) is 5.45. The smallest absolute Gasteiger partial charge is 0.252 e. The van der Waals surface area contributed by atoms with Gasteiger partial charge in [0.15, 0.2) is 5.16 Å². The maximum absolute atomic E-state index is 13.6. The molecule has 0 saturated heterocycles. The average molecular weight is 370 g/mol. The summed E-state index contributed by atoms with van der Waals surface area (Å²) in [7, 11) is 0. The largest absolute Gasteiger partial charge is 0.396 e. The van der Waals surface area contributed by atoms with Gasteiger partial charge < -0.3 is 5.73 Å². The molecule has 2 aromatic heterocycles. The number of rotatable bonds is 3. The van der Waals surface area contributed by atoms with Crippen LogP contribution in [0.15, 0.2) is 40.3 Å². The molecule has 0 amide bonds. The number of benzene rings is 1. The summed E-state index contributed by atoms with van der Waals surface area (Å²) in [5, 5.41) is 1.35. The normalized spacial score (nSPS) is 15.0. The summed E-state index contributed by atoms with van der Waals surface area (Å²) in [6.45, 7) is 0. The number of hydrogen-bond donors (Lipinski definition) is 1. The standard InChI is InChI=1S/C19H19FN4OS/c1-26-19-22-17(11-6-8-14(20)15(21)10-11)13-7-9-16(25)24(18(13)23-19)12-4-2-3-5-12/h6-10,12H,2-5,21H2,1H3. The molecule has 0 unspecified atom stereocenters. The van der Waals surface area contributed by atoms with Gasteiger partial charge in [0.05, 0.1) is 11.4 Å². The first-order valence-corrected chi connectivity index (χ1v) is 9.83. The van der Waals surface area contributed by atoms with Crippen LogP contribution < -0.4 is 11.3 Å². The Morgan fingerprint density at radius 3 is 2.65 bits per heavy atom. The van der Waals surface area contributed by atoms with E-state index in [1.54, 1.807) is 28.8 Å². The Kier molecular flexibility index (Phi) is 4.40. The van der Waals surface area contributed by atoms with Crippen molar-refractivity contribution in [3.05, 3.63) is 46.5 Å². The van der Waals surface area contributed by atoms with Crippen molar-refractivity contribution < 1.29 is 4.39 Å². The Labute approximate surface area is 154 Å². The molecule has 3 aromatic rings. The fourth-order valence-electron chi connectivity index (χ4n) is 3.63. The van der Waals surface area contributed by atoms with Crippen LogP contribution in [0.5, 0.6) is 0 Å². The Morgan fingerprint density at radius 2 is 1.96 bits per heavy atom. The van der Waals surface area contributed by atoms with Crippen molar-refractivity contribution in [3.8, 4) is 11.3 Å². The predicted molar refractivity (Wildman–Crippen MR) is 103 cm³/mol. The molecule has 0 radical (unpaired) electrons. The van der Waals surface area contributed by atoms with Crippen molar-refractivity contribution in [2.45, 2.75) is 36.9 Å². The molecule has 2 N–H and O–H groups in total. The monoisotopic (exact) mass is 370 g/mol. The van der Waals surface area contributed by atoms with E-state index in [9.17, 15) is 9.18 Å². The zero-order valence-electron chi connectivity index (χ0n) is 14.4. The van der Waals surface area contributed by atoms with Crippen LogP contribution in [0.25, 0.3) is 22.3 Å². The number of pyridine rings is 1.